The number of halogens is 1. The molecule has 2 aromatic heterocycles. The van der Waals surface area contributed by atoms with Crippen molar-refractivity contribution >= 4 is 32.7 Å². The van der Waals surface area contributed by atoms with E-state index in [1.807, 2.05) is 10.6 Å². The van der Waals surface area contributed by atoms with Crippen LogP contribution in [-0.2, 0) is 34.3 Å². The van der Waals surface area contributed by atoms with Crippen molar-refractivity contribution in [1.29, 1.82) is 5.26 Å². The molecule has 3 aromatic carbocycles. The fourth-order valence-corrected chi connectivity index (χ4v) is 5.36. The molecular formula is C32H28FN5O6S. The number of hydrogen-bond acceptors (Lipinski definition) is 8. The first-order valence-corrected chi connectivity index (χ1v) is 15.5. The molecule has 0 bridgehead atoms. The van der Waals surface area contributed by atoms with Gasteiger partial charge >= 0.3 is 5.97 Å². The number of carbonyl (C=O) groups is 1. The van der Waals surface area contributed by atoms with Crippen LogP contribution in [0, 0.1) is 17.1 Å². The molecule has 2 heterocycles. The van der Waals surface area contributed by atoms with E-state index in [2.05, 4.69) is 9.71 Å². The second kappa shape index (κ2) is 13.1. The molecule has 5 rings (SSSR count). The quantitative estimate of drug-likeness (QED) is 0.194. The van der Waals surface area contributed by atoms with Gasteiger partial charge in [0.25, 0.3) is 0 Å². The fourth-order valence-electron chi connectivity index (χ4n) is 4.77. The number of methoxy groups -OCH3 is 1. The molecule has 13 heteroatoms. The van der Waals surface area contributed by atoms with Crippen molar-refractivity contribution < 1.29 is 32.2 Å². The fraction of sp³-hybridized carbons (Fsp3) is 0.188. The number of nitrogens with zero attached hydrogens (tertiary/aromatic N) is 4. The Morgan fingerprint density at radius 3 is 2.58 bits per heavy atom. The van der Waals surface area contributed by atoms with Gasteiger partial charge in [-0.05, 0) is 48.0 Å². The van der Waals surface area contributed by atoms with E-state index in [1.165, 1.54) is 18.2 Å². The molecule has 0 spiro atoms. The number of nitrogens with one attached hydrogen (secondary N) is 1. The standard InChI is InChI=1S/C32H28FN5O6S/c1-43-13-12-38-29-16-23(32(39)40)10-11-27(29)35-30(38)17-22-9-8-21(15-28(22)37-45(2,41)42)26-4-3-5-31(36-26)44-19-24-7-6-20(18-34)14-25(24)33/h3-11,14-16,37H,12-13,17,19H2,1-2H3,(H,39,40). The number of fused-ring (bicyclic) bond motifs is 1. The third-order valence-corrected chi connectivity index (χ3v) is 7.51. The van der Waals surface area contributed by atoms with Gasteiger partial charge in [-0.3, -0.25) is 4.72 Å². The Morgan fingerprint density at radius 1 is 1.07 bits per heavy atom. The van der Waals surface area contributed by atoms with E-state index in [9.17, 15) is 22.7 Å². The van der Waals surface area contributed by atoms with Crippen LogP contribution in [0.3, 0.4) is 0 Å². The Labute approximate surface area is 258 Å². The number of aromatic nitrogens is 3. The number of carboxylic acids is 1. The van der Waals surface area contributed by atoms with E-state index in [1.54, 1.807) is 55.6 Å². The molecule has 0 aliphatic rings. The van der Waals surface area contributed by atoms with E-state index < -0.39 is 21.8 Å². The molecule has 0 saturated heterocycles. The summed E-state index contributed by atoms with van der Waals surface area (Å²) in [5, 5.41) is 18.4. The van der Waals surface area contributed by atoms with Crippen LogP contribution in [0.2, 0.25) is 0 Å². The van der Waals surface area contributed by atoms with Crippen molar-refractivity contribution in [1.82, 2.24) is 14.5 Å². The van der Waals surface area contributed by atoms with Crippen LogP contribution >= 0.6 is 0 Å². The summed E-state index contributed by atoms with van der Waals surface area (Å²) in [5.74, 6) is -0.795. The minimum Gasteiger partial charge on any atom is -0.478 e. The first kappa shape index (κ1) is 31.1. The van der Waals surface area contributed by atoms with Crippen LogP contribution in [0.15, 0.2) is 72.8 Å². The van der Waals surface area contributed by atoms with E-state index in [-0.39, 0.29) is 35.6 Å². The number of anilines is 1. The van der Waals surface area contributed by atoms with Crippen molar-refractivity contribution in [2.24, 2.45) is 0 Å². The van der Waals surface area contributed by atoms with Gasteiger partial charge in [-0.2, -0.15) is 5.26 Å². The van der Waals surface area contributed by atoms with Gasteiger partial charge in [0.1, 0.15) is 18.2 Å². The predicted molar refractivity (Wildman–Crippen MR) is 165 cm³/mol. The number of sulfonamides is 1. The van der Waals surface area contributed by atoms with Gasteiger partial charge in [0.05, 0.1) is 52.5 Å². The van der Waals surface area contributed by atoms with Gasteiger partial charge in [0.15, 0.2) is 0 Å². The Balaban J connectivity index is 1.47. The van der Waals surface area contributed by atoms with Gasteiger partial charge < -0.3 is 19.1 Å². The number of hydrogen-bond donors (Lipinski definition) is 2. The molecule has 0 amide bonds. The van der Waals surface area contributed by atoms with Crippen LogP contribution in [0.4, 0.5) is 10.1 Å². The number of imidazole rings is 1. The monoisotopic (exact) mass is 629 g/mol. The molecule has 5 aromatic rings. The number of benzene rings is 3. The molecule has 230 valence electrons. The van der Waals surface area contributed by atoms with Crippen LogP contribution in [0.25, 0.3) is 22.3 Å². The normalized spacial score (nSPS) is 11.3. The SMILES string of the molecule is COCCn1c(Cc2ccc(-c3cccc(OCc4ccc(C#N)cc4F)n3)cc2NS(C)(=O)=O)nc2ccc(C(=O)O)cc21. The minimum atomic E-state index is -3.67. The summed E-state index contributed by atoms with van der Waals surface area (Å²) in [6.45, 7) is 0.651. The maximum atomic E-state index is 14.3. The maximum absolute atomic E-state index is 14.3. The van der Waals surface area contributed by atoms with Crippen LogP contribution in [0.1, 0.15) is 32.9 Å². The van der Waals surface area contributed by atoms with Crippen molar-refractivity contribution in [2.75, 3.05) is 24.7 Å². The van der Waals surface area contributed by atoms with Gasteiger partial charge in [-0.25, -0.2) is 27.6 Å². The number of nitriles is 1. The van der Waals surface area contributed by atoms with E-state index in [0.29, 0.717) is 52.5 Å². The lowest BCUT2D eigenvalue weighted by molar-refractivity contribution is 0.0697. The van der Waals surface area contributed by atoms with Crippen LogP contribution in [-0.4, -0.2) is 54.0 Å². The lowest BCUT2D eigenvalue weighted by Gasteiger charge is -2.15. The van der Waals surface area contributed by atoms with Gasteiger partial charge in [-0.15, -0.1) is 0 Å². The summed E-state index contributed by atoms with van der Waals surface area (Å²) in [4.78, 5) is 20.8. The summed E-state index contributed by atoms with van der Waals surface area (Å²) in [5.41, 5.74) is 3.85. The molecule has 45 heavy (non-hydrogen) atoms. The zero-order chi connectivity index (χ0) is 32.1. The lowest BCUT2D eigenvalue weighted by atomic mass is 10.0. The molecule has 0 saturated carbocycles. The average Bonchev–Trinajstić information content (AvgIpc) is 3.35. The highest BCUT2D eigenvalue weighted by Gasteiger charge is 2.18. The number of carboxylic acid groups (broad SMARTS) is 1. The predicted octanol–water partition coefficient (Wildman–Crippen LogP) is 4.99. The average molecular weight is 630 g/mol. The zero-order valence-electron chi connectivity index (χ0n) is 24.3. The molecule has 11 nitrogen and oxygen atoms in total. The summed E-state index contributed by atoms with van der Waals surface area (Å²) in [7, 11) is -2.11. The van der Waals surface area contributed by atoms with Crippen molar-refractivity contribution in [3.05, 3.63) is 107 Å². The molecule has 0 radical (unpaired) electrons. The van der Waals surface area contributed by atoms with Gasteiger partial charge in [0, 0.05) is 37.3 Å². The largest absolute Gasteiger partial charge is 0.478 e. The van der Waals surface area contributed by atoms with Crippen LogP contribution < -0.4 is 9.46 Å². The highest BCUT2D eigenvalue weighted by molar-refractivity contribution is 7.92. The molecule has 0 atom stereocenters. The summed E-state index contributed by atoms with van der Waals surface area (Å²) in [6.07, 6.45) is 1.28. The maximum Gasteiger partial charge on any atom is 0.335 e. The second-order valence-corrected chi connectivity index (χ2v) is 11.9. The van der Waals surface area contributed by atoms with E-state index in [4.69, 9.17) is 19.7 Å². The second-order valence-electron chi connectivity index (χ2n) is 10.2. The molecule has 2 N–H and O–H groups in total. The highest BCUT2D eigenvalue weighted by atomic mass is 32.2. The molecular weight excluding hydrogens is 601 g/mol. The molecule has 0 aliphatic carbocycles. The summed E-state index contributed by atoms with van der Waals surface area (Å²) < 4.78 is 54.5. The van der Waals surface area contributed by atoms with Crippen LogP contribution in [0.5, 0.6) is 5.88 Å². The Bertz CT molecular complexity index is 2060. The first-order valence-electron chi connectivity index (χ1n) is 13.7. The third-order valence-electron chi connectivity index (χ3n) is 6.92. The number of ether oxygens (including phenoxy) is 2. The Kier molecular flexibility index (Phi) is 9.08. The van der Waals surface area contributed by atoms with Crippen molar-refractivity contribution in [3.8, 4) is 23.2 Å². The van der Waals surface area contributed by atoms with E-state index in [0.717, 1.165) is 12.3 Å². The number of pyridine rings is 1. The van der Waals surface area contributed by atoms with Crippen molar-refractivity contribution in [2.45, 2.75) is 19.6 Å². The zero-order valence-corrected chi connectivity index (χ0v) is 25.1. The minimum absolute atomic E-state index is 0.105. The lowest BCUT2D eigenvalue weighted by Crippen LogP contribution is -2.13. The summed E-state index contributed by atoms with van der Waals surface area (Å²) in [6, 6.07) is 21.0. The van der Waals surface area contributed by atoms with E-state index >= 15 is 0 Å². The Hall–Kier alpha value is -5.32. The topological polar surface area (TPSA) is 156 Å². The Morgan fingerprint density at radius 2 is 1.87 bits per heavy atom. The smallest absolute Gasteiger partial charge is 0.335 e. The number of rotatable bonds is 12. The number of aromatic carboxylic acids is 1. The highest BCUT2D eigenvalue weighted by Crippen LogP contribution is 2.29. The molecule has 0 fully saturated rings. The van der Waals surface area contributed by atoms with Crippen molar-refractivity contribution in [3.63, 3.8) is 0 Å². The third kappa shape index (κ3) is 7.43. The van der Waals surface area contributed by atoms with Gasteiger partial charge in [-0.1, -0.05) is 24.3 Å². The summed E-state index contributed by atoms with van der Waals surface area (Å²) >= 11 is 0. The molecule has 0 aliphatic heterocycles. The van der Waals surface area contributed by atoms with Gasteiger partial charge in [0.2, 0.25) is 15.9 Å². The first-order chi connectivity index (χ1) is 21.5. The molecule has 0 unspecified atom stereocenters.